The molecule has 0 spiro atoms. The van der Waals surface area contributed by atoms with E-state index < -0.39 is 0 Å². The van der Waals surface area contributed by atoms with Gasteiger partial charge in [-0.2, -0.15) is 0 Å². The maximum absolute atomic E-state index is 1.58. The first-order valence-electron chi connectivity index (χ1n) is 10.4. The first-order chi connectivity index (χ1) is 10.4. The average Bonchev–Trinajstić information content (AvgIpc) is 2.57. The highest BCUT2D eigenvalue weighted by Gasteiger charge is 2.19. The Morgan fingerprint density at radius 3 is 0.857 bits per heavy atom. The number of hydrogen-bond donors (Lipinski definition) is 0. The predicted molar refractivity (Wildman–Crippen MR) is 97.8 cm³/mol. The second kappa shape index (κ2) is 11.6. The SMILES string of the molecule is B(C1CCCCCCCCCC1)C1CCCCCCCC1. The van der Waals surface area contributed by atoms with E-state index in [2.05, 4.69) is 0 Å². The van der Waals surface area contributed by atoms with Crippen LogP contribution in [0.3, 0.4) is 0 Å². The molecule has 0 aromatic heterocycles. The van der Waals surface area contributed by atoms with E-state index in [0.717, 1.165) is 11.6 Å². The van der Waals surface area contributed by atoms with Gasteiger partial charge in [0.25, 0.3) is 0 Å². The monoisotopic (exact) mass is 290 g/mol. The largest absolute Gasteiger partial charge is 0.127 e. The molecule has 2 aliphatic rings. The lowest BCUT2D eigenvalue weighted by Gasteiger charge is -2.22. The van der Waals surface area contributed by atoms with E-state index in [1.54, 1.807) is 33.0 Å². The molecule has 0 aromatic carbocycles. The summed E-state index contributed by atoms with van der Waals surface area (Å²) in [5.41, 5.74) is 0. The Labute approximate surface area is 135 Å². The quantitative estimate of drug-likeness (QED) is 0.478. The smallest absolute Gasteiger partial charge is 0.0654 e. The Balaban J connectivity index is 1.75. The summed E-state index contributed by atoms with van der Waals surface area (Å²) in [6, 6.07) is 0. The Morgan fingerprint density at radius 1 is 0.333 bits per heavy atom. The summed E-state index contributed by atoms with van der Waals surface area (Å²) in [6.07, 6.45) is 27.4. The van der Waals surface area contributed by atoms with Crippen LogP contribution >= 0.6 is 0 Å². The summed E-state index contributed by atoms with van der Waals surface area (Å²) in [4.78, 5) is 0. The van der Waals surface area contributed by atoms with Crippen LogP contribution in [-0.4, -0.2) is 7.28 Å². The van der Waals surface area contributed by atoms with Crippen molar-refractivity contribution in [3.63, 3.8) is 0 Å². The highest BCUT2D eigenvalue weighted by molar-refractivity contribution is 6.39. The normalized spacial score (nSPS) is 26.1. The molecular weight excluding hydrogens is 251 g/mol. The lowest BCUT2D eigenvalue weighted by Crippen LogP contribution is -2.12. The molecule has 2 rings (SSSR count). The molecule has 0 aliphatic heterocycles. The standard InChI is InChI=1S/C20H39B/c1-2-4-8-12-16-19(15-11-7-3-1)21-20-17-13-9-5-6-10-14-18-20/h19-21H,1-18H2. The van der Waals surface area contributed by atoms with Crippen molar-refractivity contribution in [2.75, 3.05) is 0 Å². The molecule has 0 unspecified atom stereocenters. The second-order valence-electron chi connectivity index (χ2n) is 8.07. The molecule has 0 amide bonds. The fraction of sp³-hybridized carbons (Fsp3) is 1.00. The Morgan fingerprint density at radius 2 is 0.571 bits per heavy atom. The molecule has 2 fully saturated rings. The molecule has 0 bridgehead atoms. The molecule has 1 heteroatoms. The van der Waals surface area contributed by atoms with Gasteiger partial charge < -0.3 is 0 Å². The summed E-state index contributed by atoms with van der Waals surface area (Å²) in [7, 11) is 1.58. The van der Waals surface area contributed by atoms with E-state index >= 15 is 0 Å². The van der Waals surface area contributed by atoms with Gasteiger partial charge in [0.2, 0.25) is 0 Å². The Kier molecular flexibility index (Phi) is 9.63. The molecule has 2 saturated carbocycles. The van der Waals surface area contributed by atoms with Gasteiger partial charge in [0.1, 0.15) is 7.28 Å². The Hall–Kier alpha value is 0.0649. The van der Waals surface area contributed by atoms with Crippen LogP contribution in [-0.2, 0) is 0 Å². The van der Waals surface area contributed by atoms with E-state index in [4.69, 9.17) is 0 Å². The first kappa shape index (κ1) is 17.4. The van der Waals surface area contributed by atoms with E-state index in [1.807, 2.05) is 0 Å². The summed E-state index contributed by atoms with van der Waals surface area (Å²) in [5, 5.41) is 0. The van der Waals surface area contributed by atoms with Gasteiger partial charge >= 0.3 is 0 Å². The van der Waals surface area contributed by atoms with Crippen molar-refractivity contribution in [1.82, 2.24) is 0 Å². The van der Waals surface area contributed by atoms with E-state index in [1.165, 1.54) is 89.9 Å². The fourth-order valence-electron chi connectivity index (χ4n) is 4.73. The summed E-state index contributed by atoms with van der Waals surface area (Å²) >= 11 is 0. The van der Waals surface area contributed by atoms with Crippen molar-refractivity contribution in [1.29, 1.82) is 0 Å². The molecular formula is C20H39B. The van der Waals surface area contributed by atoms with Crippen LogP contribution in [0.4, 0.5) is 0 Å². The zero-order valence-corrected chi connectivity index (χ0v) is 14.6. The molecule has 122 valence electrons. The minimum Gasteiger partial charge on any atom is -0.0654 e. The zero-order chi connectivity index (χ0) is 14.6. The zero-order valence-electron chi connectivity index (χ0n) is 14.6. The van der Waals surface area contributed by atoms with Gasteiger partial charge in [-0.15, -0.1) is 0 Å². The van der Waals surface area contributed by atoms with Crippen LogP contribution in [0.2, 0.25) is 11.6 Å². The van der Waals surface area contributed by atoms with Crippen molar-refractivity contribution in [3.8, 4) is 0 Å². The molecule has 21 heavy (non-hydrogen) atoms. The first-order valence-corrected chi connectivity index (χ1v) is 10.4. The van der Waals surface area contributed by atoms with Crippen LogP contribution in [0.15, 0.2) is 0 Å². The van der Waals surface area contributed by atoms with Gasteiger partial charge in [-0.3, -0.25) is 0 Å². The maximum atomic E-state index is 1.58. The fourth-order valence-corrected chi connectivity index (χ4v) is 4.73. The van der Waals surface area contributed by atoms with Crippen molar-refractivity contribution in [3.05, 3.63) is 0 Å². The van der Waals surface area contributed by atoms with Crippen LogP contribution in [0.5, 0.6) is 0 Å². The lowest BCUT2D eigenvalue weighted by molar-refractivity contribution is 0.557. The number of hydrogen-bond acceptors (Lipinski definition) is 0. The minimum atomic E-state index is 1.08. The van der Waals surface area contributed by atoms with Crippen LogP contribution in [0, 0.1) is 0 Å². The van der Waals surface area contributed by atoms with Gasteiger partial charge in [-0.1, -0.05) is 127 Å². The summed E-state index contributed by atoms with van der Waals surface area (Å²) < 4.78 is 0. The van der Waals surface area contributed by atoms with Gasteiger partial charge in [-0.25, -0.2) is 0 Å². The highest BCUT2D eigenvalue weighted by atomic mass is 14.1. The van der Waals surface area contributed by atoms with Crippen molar-refractivity contribution >= 4 is 7.28 Å². The van der Waals surface area contributed by atoms with Crippen LogP contribution in [0.25, 0.3) is 0 Å². The third kappa shape index (κ3) is 8.31. The van der Waals surface area contributed by atoms with E-state index in [9.17, 15) is 0 Å². The molecule has 0 heterocycles. The molecule has 0 radical (unpaired) electrons. The number of rotatable bonds is 2. The predicted octanol–water partition coefficient (Wildman–Crippen LogP) is 7.05. The van der Waals surface area contributed by atoms with Gasteiger partial charge in [-0.05, 0) is 0 Å². The molecule has 0 N–H and O–H groups in total. The van der Waals surface area contributed by atoms with Gasteiger partial charge in [0.15, 0.2) is 0 Å². The molecule has 0 aromatic rings. The summed E-state index contributed by atoms with van der Waals surface area (Å²) in [6.45, 7) is 0. The lowest BCUT2D eigenvalue weighted by atomic mass is 9.50. The molecule has 2 aliphatic carbocycles. The van der Waals surface area contributed by atoms with Gasteiger partial charge in [0, 0.05) is 0 Å². The third-order valence-corrected chi connectivity index (χ3v) is 6.12. The molecule has 0 saturated heterocycles. The van der Waals surface area contributed by atoms with Gasteiger partial charge in [0.05, 0.1) is 0 Å². The van der Waals surface area contributed by atoms with E-state index in [0.29, 0.717) is 0 Å². The third-order valence-electron chi connectivity index (χ3n) is 6.12. The van der Waals surface area contributed by atoms with Crippen LogP contribution < -0.4 is 0 Å². The van der Waals surface area contributed by atoms with E-state index in [-0.39, 0.29) is 0 Å². The van der Waals surface area contributed by atoms with Crippen molar-refractivity contribution < 1.29 is 0 Å². The minimum absolute atomic E-state index is 1.08. The second-order valence-corrected chi connectivity index (χ2v) is 8.07. The molecule has 0 nitrogen and oxygen atoms in total. The van der Waals surface area contributed by atoms with Crippen molar-refractivity contribution in [2.45, 2.75) is 127 Å². The Bertz CT molecular complexity index is 216. The average molecular weight is 290 g/mol. The van der Waals surface area contributed by atoms with Crippen LogP contribution in [0.1, 0.15) is 116 Å². The summed E-state index contributed by atoms with van der Waals surface area (Å²) in [5.74, 6) is 2.16. The molecule has 0 atom stereocenters. The maximum Gasteiger partial charge on any atom is 0.127 e. The highest BCUT2D eigenvalue weighted by Crippen LogP contribution is 2.33. The van der Waals surface area contributed by atoms with Crippen molar-refractivity contribution in [2.24, 2.45) is 0 Å². The topological polar surface area (TPSA) is 0 Å².